The summed E-state index contributed by atoms with van der Waals surface area (Å²) in [6.07, 6.45) is 0. The second-order valence-electron chi connectivity index (χ2n) is 18.4. The Bertz CT molecular complexity index is 2140. The molecule has 0 saturated heterocycles. The number of hydrogen-bond acceptors (Lipinski definition) is 2. The third kappa shape index (κ3) is 7.82. The zero-order valence-corrected chi connectivity index (χ0v) is 43.5. The van der Waals surface area contributed by atoms with Crippen LogP contribution in [-0.2, 0) is 0 Å². The Kier molecular flexibility index (Phi) is 12.5. The summed E-state index contributed by atoms with van der Waals surface area (Å²) in [4.78, 5) is 0. The minimum atomic E-state index is -4.16. The molecule has 6 aromatic rings. The zero-order chi connectivity index (χ0) is 43.5. The van der Waals surface area contributed by atoms with Gasteiger partial charge in [0.2, 0.25) is 0 Å². The Hall–Kier alpha value is -4.21. The Balaban J connectivity index is 1.97. The molecule has 0 N–H and O–H groups in total. The van der Waals surface area contributed by atoms with Gasteiger partial charge in [0, 0.05) is 0 Å². The Labute approximate surface area is 362 Å². The van der Waals surface area contributed by atoms with E-state index >= 15 is 0 Å². The van der Waals surface area contributed by atoms with Gasteiger partial charge in [0.05, 0.1) is 0 Å². The average Bonchev–Trinajstić information content (AvgIpc) is 3.05. The maximum atomic E-state index is 6.23. The van der Waals surface area contributed by atoms with E-state index in [1.807, 2.05) is 0 Å². The molecule has 0 heterocycles. The molecule has 59 heavy (non-hydrogen) atoms. The molecule has 0 aliphatic rings. The molecule has 6 aromatic carbocycles. The van der Waals surface area contributed by atoms with Crippen LogP contribution in [0.25, 0.3) is 0 Å². The first-order valence-electron chi connectivity index (χ1n) is 21.3. The first kappa shape index (κ1) is 44.3. The van der Waals surface area contributed by atoms with Crippen molar-refractivity contribution in [3.63, 3.8) is 0 Å². The summed E-state index contributed by atoms with van der Waals surface area (Å²) in [5, 5.41) is 0. The molecule has 0 atom stereocenters. The molecule has 2 nitrogen and oxygen atoms in total. The number of nitrogens with zero attached hydrogens (tertiary/aromatic N) is 2. The summed E-state index contributed by atoms with van der Waals surface area (Å²) < 4.78 is 20.8. The van der Waals surface area contributed by atoms with Crippen molar-refractivity contribution < 1.29 is 0 Å². The van der Waals surface area contributed by atoms with Crippen molar-refractivity contribution in [1.82, 2.24) is 0 Å². The second kappa shape index (κ2) is 16.7. The van der Waals surface area contributed by atoms with Crippen LogP contribution in [0.1, 0.15) is 100 Å². The first-order chi connectivity index (χ1) is 27.6. The topological polar surface area (TPSA) is 24.7 Å². The molecule has 0 unspecified atom stereocenters. The fourth-order valence-electron chi connectivity index (χ4n) is 11.8. The van der Waals surface area contributed by atoms with Gasteiger partial charge >= 0.3 is 365 Å². The molecule has 0 aromatic heterocycles. The third-order valence-electron chi connectivity index (χ3n) is 12.7. The maximum absolute atomic E-state index is 6.23. The van der Waals surface area contributed by atoms with E-state index in [2.05, 4.69) is 203 Å². The van der Waals surface area contributed by atoms with Crippen LogP contribution >= 0.6 is 0 Å². The summed E-state index contributed by atoms with van der Waals surface area (Å²) in [7, 11) is 0. The van der Waals surface area contributed by atoms with Crippen LogP contribution < -0.4 is 26.4 Å². The van der Waals surface area contributed by atoms with E-state index < -0.39 is 27.0 Å². The van der Waals surface area contributed by atoms with Crippen LogP contribution in [0.4, 0.5) is 0 Å². The molecule has 0 spiro atoms. The van der Waals surface area contributed by atoms with E-state index in [1.165, 1.54) is 127 Å². The SMILES string of the molecule is Cc1cc(C)[c]([Ge]([N]=C=[N][Ge]([c]2c(C)cc(C)cc2C)([c]2c(C)cc(C)cc2C)[c]2c(C)cc(C)cc2C)([c]2c(C)cc(C)cc2C)[c]2c(C)cc(C)cc2C)c(C)c1. The van der Waals surface area contributed by atoms with E-state index in [0.717, 1.165) is 0 Å². The van der Waals surface area contributed by atoms with Crippen LogP contribution in [0, 0.1) is 125 Å². The van der Waals surface area contributed by atoms with Gasteiger partial charge in [-0.15, -0.1) is 0 Å². The number of rotatable bonds is 8. The molecule has 304 valence electrons. The van der Waals surface area contributed by atoms with Crippen LogP contribution in [-0.4, -0.2) is 33.0 Å². The molecule has 0 amide bonds. The zero-order valence-electron chi connectivity index (χ0n) is 39.3. The molecular formula is C55H66Ge2N2. The number of hydrogen-bond donors (Lipinski definition) is 0. The molecular weight excluding hydrogens is 834 g/mol. The second-order valence-corrected chi connectivity index (χ2v) is 31.6. The fraction of sp³-hybridized carbons (Fsp3) is 0.327. The van der Waals surface area contributed by atoms with Crippen LogP contribution in [0.3, 0.4) is 0 Å². The van der Waals surface area contributed by atoms with E-state index in [-0.39, 0.29) is 0 Å². The number of benzene rings is 6. The summed E-state index contributed by atoms with van der Waals surface area (Å²) in [5.41, 5.74) is 23.3. The van der Waals surface area contributed by atoms with Crippen molar-refractivity contribution >= 4 is 59.4 Å². The normalized spacial score (nSPS) is 11.8. The predicted molar refractivity (Wildman–Crippen MR) is 263 cm³/mol. The first-order valence-corrected chi connectivity index (χ1v) is 29.5. The molecule has 0 aliphatic carbocycles. The Morgan fingerprint density at radius 2 is 0.356 bits per heavy atom. The monoisotopic (exact) mass is 902 g/mol. The summed E-state index contributed by atoms with van der Waals surface area (Å²) in [6.45, 7) is 41.2. The van der Waals surface area contributed by atoms with Crippen molar-refractivity contribution in [1.29, 1.82) is 0 Å². The van der Waals surface area contributed by atoms with Gasteiger partial charge in [0.1, 0.15) is 0 Å². The van der Waals surface area contributed by atoms with Gasteiger partial charge in [-0.1, -0.05) is 0 Å². The van der Waals surface area contributed by atoms with Crippen molar-refractivity contribution in [2.24, 2.45) is 7.90 Å². The van der Waals surface area contributed by atoms with Crippen LogP contribution in [0.15, 0.2) is 80.7 Å². The quantitative estimate of drug-likeness (QED) is 0.107. The van der Waals surface area contributed by atoms with Gasteiger partial charge in [-0.2, -0.15) is 0 Å². The minimum absolute atomic E-state index is 1.28. The van der Waals surface area contributed by atoms with Crippen molar-refractivity contribution in [2.75, 3.05) is 0 Å². The fourth-order valence-corrected chi connectivity index (χ4v) is 33.8. The van der Waals surface area contributed by atoms with E-state index in [0.29, 0.717) is 0 Å². The Morgan fingerprint density at radius 1 is 0.237 bits per heavy atom. The van der Waals surface area contributed by atoms with E-state index in [1.54, 1.807) is 0 Å². The molecule has 0 bridgehead atoms. The Morgan fingerprint density at radius 3 is 0.475 bits per heavy atom. The van der Waals surface area contributed by atoms with Crippen molar-refractivity contribution in [3.8, 4) is 0 Å². The molecule has 0 aliphatic heterocycles. The summed E-state index contributed by atoms with van der Waals surface area (Å²) in [5.74, 6) is 0. The van der Waals surface area contributed by atoms with Crippen LogP contribution in [0.2, 0.25) is 0 Å². The summed E-state index contributed by atoms with van der Waals surface area (Å²) in [6, 6.07) is 32.5. The van der Waals surface area contributed by atoms with Crippen molar-refractivity contribution in [2.45, 2.75) is 125 Å². The van der Waals surface area contributed by atoms with E-state index in [9.17, 15) is 0 Å². The average molecular weight is 900 g/mol. The standard InChI is InChI=1S/C55H66Ge2N2/c1-32-19-38(7)50(39(8)20-32)56(51-40(9)21-33(2)22-41(51)10,52-42(11)23-34(3)24-43(52)12)58-31-59-57(53-44(13)25-35(4)26-45(53)14,54-46(15)27-36(5)28-47(54)16)55-48(17)29-37(6)30-49(55)18/h19-30H,1-18H3. The van der Waals surface area contributed by atoms with E-state index in [4.69, 9.17) is 7.90 Å². The van der Waals surface area contributed by atoms with Crippen molar-refractivity contribution in [3.05, 3.63) is 173 Å². The molecule has 4 heteroatoms. The third-order valence-corrected chi connectivity index (χ3v) is 33.5. The van der Waals surface area contributed by atoms with Gasteiger partial charge in [0.15, 0.2) is 0 Å². The van der Waals surface area contributed by atoms with Gasteiger partial charge in [-0.05, 0) is 0 Å². The van der Waals surface area contributed by atoms with Crippen LogP contribution in [0.5, 0.6) is 0 Å². The van der Waals surface area contributed by atoms with Gasteiger partial charge in [-0.25, -0.2) is 0 Å². The molecule has 0 radical (unpaired) electrons. The van der Waals surface area contributed by atoms with Gasteiger partial charge in [-0.3, -0.25) is 0 Å². The predicted octanol–water partition coefficient (Wildman–Crippen LogP) is 10.0. The molecule has 6 rings (SSSR count). The van der Waals surface area contributed by atoms with Gasteiger partial charge in [0.25, 0.3) is 0 Å². The number of aryl methyl sites for hydroxylation is 18. The molecule has 0 fully saturated rings. The van der Waals surface area contributed by atoms with Gasteiger partial charge < -0.3 is 0 Å². The molecule has 0 saturated carbocycles. The summed E-state index contributed by atoms with van der Waals surface area (Å²) >= 11 is -8.31.